The number of anilines is 3. The van der Waals surface area contributed by atoms with E-state index in [9.17, 15) is 9.59 Å². The minimum atomic E-state index is -0.370. The number of amides is 3. The summed E-state index contributed by atoms with van der Waals surface area (Å²) in [5, 5.41) is 8.92. The molecule has 2 saturated heterocycles. The van der Waals surface area contributed by atoms with Gasteiger partial charge >= 0.3 is 6.03 Å². The summed E-state index contributed by atoms with van der Waals surface area (Å²) in [7, 11) is 2.00. The van der Waals surface area contributed by atoms with Gasteiger partial charge in [-0.05, 0) is 54.6 Å². The molecule has 0 atom stereocenters. The maximum atomic E-state index is 12.7. The van der Waals surface area contributed by atoms with Gasteiger partial charge in [0.1, 0.15) is 5.52 Å². The molecule has 2 aromatic heterocycles. The van der Waals surface area contributed by atoms with E-state index in [1.807, 2.05) is 53.0 Å². The average Bonchev–Trinajstić information content (AvgIpc) is 3.38. The van der Waals surface area contributed by atoms with E-state index >= 15 is 0 Å². The number of urea groups is 1. The van der Waals surface area contributed by atoms with Crippen LogP contribution in [0.5, 0.6) is 0 Å². The molecule has 3 amide bonds. The Balaban J connectivity index is 1.12. The zero-order valence-electron chi connectivity index (χ0n) is 22.4. The topological polar surface area (TPSA) is 117 Å². The first kappa shape index (κ1) is 25.8. The van der Waals surface area contributed by atoms with Crippen LogP contribution in [-0.2, 0) is 11.8 Å². The fourth-order valence-electron chi connectivity index (χ4n) is 5.04. The zero-order chi connectivity index (χ0) is 27.5. The summed E-state index contributed by atoms with van der Waals surface area (Å²) in [5.74, 6) is 1.54. The number of rotatable bonds is 5. The van der Waals surface area contributed by atoms with Gasteiger partial charge in [0, 0.05) is 75.0 Å². The lowest BCUT2D eigenvalue weighted by Gasteiger charge is -2.28. The summed E-state index contributed by atoms with van der Waals surface area (Å²) in [6, 6.07) is 16.0. The van der Waals surface area contributed by atoms with Gasteiger partial charge in [0.25, 0.3) is 5.91 Å². The van der Waals surface area contributed by atoms with E-state index < -0.39 is 0 Å². The van der Waals surface area contributed by atoms with Gasteiger partial charge in [-0.25, -0.2) is 14.8 Å². The van der Waals surface area contributed by atoms with Crippen molar-refractivity contribution in [3.8, 4) is 11.4 Å². The number of nitrogens with one attached hydrogen (secondary N) is 3. The molecule has 11 heteroatoms. The molecule has 40 heavy (non-hydrogen) atoms. The van der Waals surface area contributed by atoms with Crippen LogP contribution in [0.25, 0.3) is 22.4 Å². The monoisotopic (exact) mass is 540 g/mol. The highest BCUT2D eigenvalue weighted by atomic mass is 16.5. The van der Waals surface area contributed by atoms with Crippen LogP contribution < -0.4 is 20.9 Å². The van der Waals surface area contributed by atoms with Crippen LogP contribution in [0.3, 0.4) is 0 Å². The Morgan fingerprint density at radius 3 is 2.17 bits per heavy atom. The van der Waals surface area contributed by atoms with E-state index in [1.54, 1.807) is 24.3 Å². The molecule has 0 unspecified atom stereocenters. The lowest BCUT2D eigenvalue weighted by atomic mass is 10.1. The summed E-state index contributed by atoms with van der Waals surface area (Å²) in [6.07, 6.45) is 2.00. The standard InChI is InChI=1S/C29H32N8O3/c1-35-13-10-24-25(35)27(36-16-18-40-19-17-36)34-26(33-24)20-2-6-22(7-3-20)31-29(39)32-23-8-4-21(5-9-23)28(38)37-14-11-30-12-15-37/h2-10,13,30H,11-12,14-19H2,1H3,(H2,31,32,39). The van der Waals surface area contributed by atoms with Crippen LogP contribution in [0.15, 0.2) is 60.8 Å². The van der Waals surface area contributed by atoms with Crippen molar-refractivity contribution >= 4 is 40.2 Å². The Bertz CT molecular complexity index is 1510. The van der Waals surface area contributed by atoms with Crippen LogP contribution in [0.4, 0.5) is 22.0 Å². The zero-order valence-corrected chi connectivity index (χ0v) is 22.4. The third kappa shape index (κ3) is 5.47. The number of carbonyl (C=O) groups excluding carboxylic acids is 2. The van der Waals surface area contributed by atoms with Crippen molar-refractivity contribution in [1.29, 1.82) is 0 Å². The SMILES string of the molecule is Cn1ccc2nc(-c3ccc(NC(=O)Nc4ccc(C(=O)N5CCNCC5)cc4)cc3)nc(N3CCOCC3)c21. The molecule has 0 aliphatic carbocycles. The molecule has 2 aliphatic heterocycles. The number of hydrogen-bond donors (Lipinski definition) is 3. The molecule has 3 N–H and O–H groups in total. The molecule has 2 aromatic carbocycles. The van der Waals surface area contributed by atoms with Crippen LogP contribution in [-0.4, -0.2) is 83.9 Å². The van der Waals surface area contributed by atoms with E-state index in [1.165, 1.54) is 0 Å². The lowest BCUT2D eigenvalue weighted by molar-refractivity contribution is 0.0736. The number of hydrogen-bond acceptors (Lipinski definition) is 7. The van der Waals surface area contributed by atoms with E-state index in [4.69, 9.17) is 14.7 Å². The van der Waals surface area contributed by atoms with Crippen molar-refractivity contribution in [3.63, 3.8) is 0 Å². The second-order valence-electron chi connectivity index (χ2n) is 9.91. The van der Waals surface area contributed by atoms with Crippen LogP contribution in [0, 0.1) is 0 Å². The normalized spacial score (nSPS) is 15.7. The van der Waals surface area contributed by atoms with E-state index in [-0.39, 0.29) is 11.9 Å². The summed E-state index contributed by atoms with van der Waals surface area (Å²) < 4.78 is 7.58. The Kier molecular flexibility index (Phi) is 7.30. The van der Waals surface area contributed by atoms with Crippen LogP contribution >= 0.6 is 0 Å². The van der Waals surface area contributed by atoms with Crippen molar-refractivity contribution in [2.24, 2.45) is 7.05 Å². The lowest BCUT2D eigenvalue weighted by Crippen LogP contribution is -2.46. The van der Waals surface area contributed by atoms with E-state index in [0.29, 0.717) is 49.1 Å². The number of aryl methyl sites for hydroxylation is 1. The molecule has 4 heterocycles. The molecule has 206 valence electrons. The van der Waals surface area contributed by atoms with Gasteiger partial charge in [-0.1, -0.05) is 0 Å². The molecule has 2 aliphatic rings. The third-order valence-corrected chi connectivity index (χ3v) is 7.21. The number of fused-ring (bicyclic) bond motifs is 1. The van der Waals surface area contributed by atoms with Gasteiger partial charge in [-0.3, -0.25) is 4.79 Å². The number of nitrogens with zero attached hydrogens (tertiary/aromatic N) is 5. The highest BCUT2D eigenvalue weighted by Crippen LogP contribution is 2.29. The highest BCUT2D eigenvalue weighted by molar-refractivity contribution is 6.00. The second-order valence-corrected chi connectivity index (χ2v) is 9.91. The van der Waals surface area contributed by atoms with Crippen LogP contribution in [0.1, 0.15) is 10.4 Å². The minimum Gasteiger partial charge on any atom is -0.378 e. The van der Waals surface area contributed by atoms with E-state index in [0.717, 1.165) is 48.6 Å². The molecule has 0 radical (unpaired) electrons. The second kappa shape index (κ2) is 11.3. The highest BCUT2D eigenvalue weighted by Gasteiger charge is 2.20. The van der Waals surface area contributed by atoms with Crippen molar-refractivity contribution < 1.29 is 14.3 Å². The number of morpholine rings is 1. The van der Waals surface area contributed by atoms with Gasteiger partial charge in [-0.2, -0.15) is 0 Å². The van der Waals surface area contributed by atoms with Gasteiger partial charge < -0.3 is 35.1 Å². The Hall–Kier alpha value is -4.48. The Labute approximate surface area is 232 Å². The largest absolute Gasteiger partial charge is 0.378 e. The average molecular weight is 541 g/mol. The molecule has 0 saturated carbocycles. The number of piperazine rings is 1. The molecule has 4 aromatic rings. The Morgan fingerprint density at radius 1 is 0.850 bits per heavy atom. The molecule has 11 nitrogen and oxygen atoms in total. The van der Waals surface area contributed by atoms with Gasteiger partial charge in [0.05, 0.1) is 18.7 Å². The van der Waals surface area contributed by atoms with Gasteiger partial charge in [-0.15, -0.1) is 0 Å². The van der Waals surface area contributed by atoms with Crippen molar-refractivity contribution in [2.75, 3.05) is 68.0 Å². The number of carbonyl (C=O) groups is 2. The first-order valence-corrected chi connectivity index (χ1v) is 13.5. The van der Waals surface area contributed by atoms with Gasteiger partial charge in [0.15, 0.2) is 11.6 Å². The maximum absolute atomic E-state index is 12.7. The molecule has 0 bridgehead atoms. The summed E-state index contributed by atoms with van der Waals surface area (Å²) in [5.41, 5.74) is 4.59. The van der Waals surface area contributed by atoms with Crippen molar-refractivity contribution in [3.05, 3.63) is 66.4 Å². The first-order valence-electron chi connectivity index (χ1n) is 13.5. The first-order chi connectivity index (χ1) is 19.5. The molecule has 2 fully saturated rings. The molecule has 0 spiro atoms. The number of aromatic nitrogens is 3. The Morgan fingerprint density at radius 2 is 1.50 bits per heavy atom. The summed E-state index contributed by atoms with van der Waals surface area (Å²) in [4.78, 5) is 39.1. The number of benzene rings is 2. The predicted molar refractivity (Wildman–Crippen MR) is 155 cm³/mol. The van der Waals surface area contributed by atoms with Crippen LogP contribution in [0.2, 0.25) is 0 Å². The number of ether oxygens (including phenoxy) is 1. The smallest absolute Gasteiger partial charge is 0.323 e. The quantitative estimate of drug-likeness (QED) is 0.356. The summed E-state index contributed by atoms with van der Waals surface area (Å²) in [6.45, 7) is 5.91. The molecular weight excluding hydrogens is 508 g/mol. The minimum absolute atomic E-state index is 0.00468. The fourth-order valence-corrected chi connectivity index (χ4v) is 5.04. The fraction of sp³-hybridized carbons (Fsp3) is 0.310. The molecule has 6 rings (SSSR count). The van der Waals surface area contributed by atoms with Gasteiger partial charge in [0.2, 0.25) is 0 Å². The van der Waals surface area contributed by atoms with Crippen molar-refractivity contribution in [1.82, 2.24) is 24.8 Å². The maximum Gasteiger partial charge on any atom is 0.323 e. The summed E-state index contributed by atoms with van der Waals surface area (Å²) >= 11 is 0. The third-order valence-electron chi connectivity index (χ3n) is 7.21. The van der Waals surface area contributed by atoms with E-state index in [2.05, 4.69) is 20.9 Å². The predicted octanol–water partition coefficient (Wildman–Crippen LogP) is 3.16. The molecular formula is C29H32N8O3. The van der Waals surface area contributed by atoms with Crippen molar-refractivity contribution in [2.45, 2.75) is 0 Å².